The van der Waals surface area contributed by atoms with Crippen LogP contribution in [0.25, 0.3) is 11.1 Å². The molecule has 268 valence electrons. The SMILES string of the molecule is C[C@@H]1Cc2c(C(F)(F)F)nn(CC(=O)N[C@@H](Cc3cc(F)cc(F)c3)c3nc(C#CC(C)(C)O)ccc3-c3ccc(F)c(C(N)=O)c3)c2C1(F)F. The quantitative estimate of drug-likeness (QED) is 0.153. The number of fused-ring (bicyclic) bond motifs is 1. The van der Waals surface area contributed by atoms with Gasteiger partial charge in [-0.05, 0) is 80.1 Å². The zero-order valence-corrected chi connectivity index (χ0v) is 27.1. The van der Waals surface area contributed by atoms with Gasteiger partial charge in [0.1, 0.15) is 41.0 Å². The van der Waals surface area contributed by atoms with Crippen molar-refractivity contribution in [1.29, 1.82) is 0 Å². The summed E-state index contributed by atoms with van der Waals surface area (Å²) in [5.41, 5.74) is 0.112. The molecule has 1 aliphatic rings. The number of alkyl halides is 5. The van der Waals surface area contributed by atoms with Crippen LogP contribution in [-0.2, 0) is 36.3 Å². The number of amides is 2. The van der Waals surface area contributed by atoms with E-state index in [1.165, 1.54) is 32.0 Å². The molecule has 0 spiro atoms. The van der Waals surface area contributed by atoms with E-state index in [-0.39, 0.29) is 32.8 Å². The Kier molecular flexibility index (Phi) is 9.74. The van der Waals surface area contributed by atoms with E-state index >= 15 is 8.78 Å². The molecular formula is C35H29F8N5O3. The second-order valence-corrected chi connectivity index (χ2v) is 12.7. The highest BCUT2D eigenvalue weighted by Crippen LogP contribution is 2.49. The Labute approximate surface area is 285 Å². The van der Waals surface area contributed by atoms with Crippen LogP contribution in [0.1, 0.15) is 71.1 Å². The van der Waals surface area contributed by atoms with Gasteiger partial charge in [-0.1, -0.05) is 18.9 Å². The van der Waals surface area contributed by atoms with Gasteiger partial charge in [0, 0.05) is 23.1 Å². The van der Waals surface area contributed by atoms with Gasteiger partial charge in [-0.25, -0.2) is 18.2 Å². The second kappa shape index (κ2) is 13.4. The molecule has 2 aromatic carbocycles. The van der Waals surface area contributed by atoms with Crippen LogP contribution in [0.3, 0.4) is 0 Å². The number of nitrogens with two attached hydrogens (primary N) is 1. The topological polar surface area (TPSA) is 123 Å². The number of carbonyl (C=O) groups is 2. The van der Waals surface area contributed by atoms with Gasteiger partial charge in [-0.15, -0.1) is 0 Å². The molecule has 0 saturated heterocycles. The molecule has 2 atom stereocenters. The molecule has 1 aliphatic carbocycles. The number of aliphatic hydroxyl groups is 1. The summed E-state index contributed by atoms with van der Waals surface area (Å²) in [6, 6.07) is 7.16. The highest BCUT2D eigenvalue weighted by molar-refractivity contribution is 5.94. The van der Waals surface area contributed by atoms with Crippen molar-refractivity contribution in [1.82, 2.24) is 20.1 Å². The predicted octanol–water partition coefficient (Wildman–Crippen LogP) is 5.99. The Balaban J connectivity index is 1.65. The molecule has 4 aromatic rings. The minimum atomic E-state index is -5.10. The molecule has 4 N–H and O–H groups in total. The lowest BCUT2D eigenvalue weighted by Gasteiger charge is -2.23. The maximum atomic E-state index is 15.2. The van der Waals surface area contributed by atoms with Crippen LogP contribution < -0.4 is 11.1 Å². The molecule has 2 amide bonds. The van der Waals surface area contributed by atoms with Crippen molar-refractivity contribution in [3.05, 3.63) is 105 Å². The number of halogens is 8. The predicted molar refractivity (Wildman–Crippen MR) is 166 cm³/mol. The summed E-state index contributed by atoms with van der Waals surface area (Å²) in [4.78, 5) is 30.1. The first-order chi connectivity index (χ1) is 23.6. The third-order valence-electron chi connectivity index (χ3n) is 8.05. The lowest BCUT2D eigenvalue weighted by molar-refractivity contribution is -0.142. The average molecular weight is 720 g/mol. The number of hydrogen-bond acceptors (Lipinski definition) is 5. The minimum Gasteiger partial charge on any atom is -0.378 e. The van der Waals surface area contributed by atoms with Gasteiger partial charge >= 0.3 is 6.18 Å². The van der Waals surface area contributed by atoms with Crippen LogP contribution in [-0.4, -0.2) is 37.3 Å². The maximum Gasteiger partial charge on any atom is 0.435 e. The van der Waals surface area contributed by atoms with Crippen LogP contribution >= 0.6 is 0 Å². The van der Waals surface area contributed by atoms with E-state index in [0.717, 1.165) is 31.2 Å². The number of carbonyl (C=O) groups excluding carboxylic acids is 2. The molecule has 51 heavy (non-hydrogen) atoms. The van der Waals surface area contributed by atoms with Gasteiger partial charge in [0.05, 0.1) is 17.3 Å². The zero-order valence-electron chi connectivity index (χ0n) is 27.1. The summed E-state index contributed by atoms with van der Waals surface area (Å²) in [6.07, 6.45) is -6.16. The summed E-state index contributed by atoms with van der Waals surface area (Å²) < 4.78 is 115. The molecule has 0 saturated carbocycles. The molecule has 0 fully saturated rings. The summed E-state index contributed by atoms with van der Waals surface area (Å²) in [6.45, 7) is 2.73. The normalized spacial score (nSPS) is 15.9. The highest BCUT2D eigenvalue weighted by Gasteiger charge is 2.54. The monoisotopic (exact) mass is 719 g/mol. The Morgan fingerprint density at radius 2 is 1.75 bits per heavy atom. The molecular weight excluding hydrogens is 690 g/mol. The molecule has 2 aromatic heterocycles. The molecule has 0 unspecified atom stereocenters. The third kappa shape index (κ3) is 8.04. The van der Waals surface area contributed by atoms with Crippen molar-refractivity contribution in [2.45, 2.75) is 63.9 Å². The van der Waals surface area contributed by atoms with E-state index in [4.69, 9.17) is 5.73 Å². The van der Waals surface area contributed by atoms with Gasteiger partial charge in [0.25, 0.3) is 11.8 Å². The summed E-state index contributed by atoms with van der Waals surface area (Å²) >= 11 is 0. The fourth-order valence-corrected chi connectivity index (χ4v) is 5.79. The first-order valence-electron chi connectivity index (χ1n) is 15.3. The van der Waals surface area contributed by atoms with Crippen molar-refractivity contribution in [3.8, 4) is 23.0 Å². The van der Waals surface area contributed by atoms with Crippen LogP contribution in [0, 0.1) is 35.2 Å². The number of aromatic nitrogens is 3. The summed E-state index contributed by atoms with van der Waals surface area (Å²) in [7, 11) is 0. The lowest BCUT2D eigenvalue weighted by atomic mass is 9.94. The maximum absolute atomic E-state index is 15.2. The van der Waals surface area contributed by atoms with Crippen LogP contribution in [0.4, 0.5) is 35.1 Å². The van der Waals surface area contributed by atoms with Gasteiger partial charge < -0.3 is 16.2 Å². The standard InChI is InChI=1S/C35H29F8N5O3/c1-17-10-25-30(35(41,42)43)47-48(31(25)34(17,39)40)16-28(49)46-27(13-18-11-20(36)15-21(37)12-18)29-23(6-5-22(45-29)8-9-33(2,3)51)19-4-7-26(38)24(14-19)32(44)50/h4-7,11-12,14-15,17,27,51H,10,13,16H2,1-3H3,(H2,44,50)(H,46,49)/t17-,27+/m1/s1. The van der Waals surface area contributed by atoms with Crippen molar-refractivity contribution < 1.29 is 49.8 Å². The minimum absolute atomic E-state index is 0.00567. The number of pyridine rings is 1. The van der Waals surface area contributed by atoms with Crippen LogP contribution in [0.5, 0.6) is 0 Å². The van der Waals surface area contributed by atoms with E-state index in [9.17, 15) is 41.0 Å². The van der Waals surface area contributed by atoms with E-state index in [2.05, 4.69) is 27.2 Å². The zero-order chi connectivity index (χ0) is 37.6. The van der Waals surface area contributed by atoms with E-state index in [0.29, 0.717) is 6.07 Å². The highest BCUT2D eigenvalue weighted by atomic mass is 19.4. The van der Waals surface area contributed by atoms with Gasteiger partial charge in [-0.3, -0.25) is 14.3 Å². The smallest absolute Gasteiger partial charge is 0.378 e. The van der Waals surface area contributed by atoms with Crippen LogP contribution in [0.2, 0.25) is 0 Å². The number of nitrogens with one attached hydrogen (secondary N) is 1. The summed E-state index contributed by atoms with van der Waals surface area (Å²) in [5.74, 6) is -5.25. The molecule has 8 nitrogen and oxygen atoms in total. The van der Waals surface area contributed by atoms with Gasteiger partial charge in [0.2, 0.25) is 5.91 Å². The first kappa shape index (κ1) is 37.0. The Morgan fingerprint density at radius 3 is 2.35 bits per heavy atom. The molecule has 0 bridgehead atoms. The largest absolute Gasteiger partial charge is 0.435 e. The fraction of sp³-hybridized carbons (Fsp3) is 0.314. The van der Waals surface area contributed by atoms with Gasteiger partial charge in [0.15, 0.2) is 5.69 Å². The first-order valence-corrected chi connectivity index (χ1v) is 15.3. The Bertz CT molecular complexity index is 2070. The van der Waals surface area contributed by atoms with Crippen molar-refractivity contribution in [2.75, 3.05) is 0 Å². The van der Waals surface area contributed by atoms with E-state index < -0.39 is 101 Å². The van der Waals surface area contributed by atoms with Gasteiger partial charge in [-0.2, -0.15) is 27.1 Å². The van der Waals surface area contributed by atoms with E-state index in [1.807, 2.05) is 0 Å². The Hall–Kier alpha value is -5.30. The second-order valence-electron chi connectivity index (χ2n) is 12.7. The molecule has 2 heterocycles. The molecule has 0 aliphatic heterocycles. The summed E-state index contributed by atoms with van der Waals surface area (Å²) in [5, 5.41) is 16.0. The van der Waals surface area contributed by atoms with Crippen molar-refractivity contribution in [3.63, 3.8) is 0 Å². The average Bonchev–Trinajstić information content (AvgIpc) is 3.48. The van der Waals surface area contributed by atoms with Crippen LogP contribution in [0.15, 0.2) is 48.5 Å². The fourth-order valence-electron chi connectivity index (χ4n) is 5.79. The molecule has 0 radical (unpaired) electrons. The third-order valence-corrected chi connectivity index (χ3v) is 8.05. The molecule has 5 rings (SSSR count). The number of hydrogen-bond donors (Lipinski definition) is 3. The number of benzene rings is 2. The number of rotatable bonds is 8. The molecule has 16 heteroatoms. The lowest BCUT2D eigenvalue weighted by Crippen LogP contribution is -2.35. The number of nitrogens with zero attached hydrogens (tertiary/aromatic N) is 3. The van der Waals surface area contributed by atoms with Crippen molar-refractivity contribution >= 4 is 11.8 Å². The van der Waals surface area contributed by atoms with Crippen molar-refractivity contribution in [2.24, 2.45) is 11.7 Å². The number of primary amides is 1. The Morgan fingerprint density at radius 1 is 1.08 bits per heavy atom. The van der Waals surface area contributed by atoms with E-state index in [1.54, 1.807) is 0 Å².